The third-order valence-electron chi connectivity index (χ3n) is 2.15. The Labute approximate surface area is 111 Å². The van der Waals surface area contributed by atoms with Crippen molar-refractivity contribution in [1.82, 2.24) is 0 Å². The maximum atomic E-state index is 10.8. The van der Waals surface area contributed by atoms with Crippen molar-refractivity contribution < 1.29 is 19.1 Å². The summed E-state index contributed by atoms with van der Waals surface area (Å²) in [5.41, 5.74) is 1.12. The molecule has 0 bridgehead atoms. The molecule has 0 unspecified atom stereocenters. The van der Waals surface area contributed by atoms with Crippen LogP contribution in [0.2, 0.25) is 0 Å². The summed E-state index contributed by atoms with van der Waals surface area (Å²) in [6, 6.07) is 6.58. The first-order valence-corrected chi connectivity index (χ1v) is 5.91. The molecule has 1 N–H and O–H groups in total. The Morgan fingerprint density at radius 1 is 1.41 bits per heavy atom. The largest absolute Gasteiger partial charge is 0.488 e. The van der Waals surface area contributed by atoms with E-state index in [0.717, 1.165) is 9.13 Å². The van der Waals surface area contributed by atoms with Gasteiger partial charge >= 0.3 is 5.97 Å². The van der Waals surface area contributed by atoms with Gasteiger partial charge in [-0.3, -0.25) is 0 Å². The highest BCUT2D eigenvalue weighted by molar-refractivity contribution is 14.1. The summed E-state index contributed by atoms with van der Waals surface area (Å²) >= 11 is 2.10. The lowest BCUT2D eigenvalue weighted by atomic mass is 10.2. The van der Waals surface area contributed by atoms with Crippen LogP contribution in [0.25, 0.3) is 0 Å². The molecule has 2 aromatic rings. The molecule has 0 fully saturated rings. The fourth-order valence-electron chi connectivity index (χ4n) is 1.28. The zero-order valence-corrected chi connectivity index (χ0v) is 10.9. The van der Waals surface area contributed by atoms with Crippen LogP contribution in [0.1, 0.15) is 15.9 Å². The zero-order valence-electron chi connectivity index (χ0n) is 8.72. The standard InChI is InChI=1S/C12H9IO4/c13-10-2-1-9(12(14)15)5-11(10)17-7-8-3-4-16-6-8/h1-6H,7H2,(H,14,15). The van der Waals surface area contributed by atoms with Crippen LogP contribution in [-0.2, 0) is 6.61 Å². The minimum absolute atomic E-state index is 0.215. The second-order valence-corrected chi connectivity index (χ2v) is 4.53. The maximum absolute atomic E-state index is 10.8. The van der Waals surface area contributed by atoms with Gasteiger partial charge in [-0.1, -0.05) is 0 Å². The summed E-state index contributed by atoms with van der Waals surface area (Å²) in [4.78, 5) is 10.8. The van der Waals surface area contributed by atoms with Crippen molar-refractivity contribution in [3.63, 3.8) is 0 Å². The van der Waals surface area contributed by atoms with E-state index in [-0.39, 0.29) is 5.56 Å². The number of benzene rings is 1. The van der Waals surface area contributed by atoms with Gasteiger partial charge in [0.1, 0.15) is 12.4 Å². The molecule has 0 saturated carbocycles. The summed E-state index contributed by atoms with van der Waals surface area (Å²) in [5.74, 6) is -0.402. The zero-order chi connectivity index (χ0) is 12.3. The number of carbonyl (C=O) groups is 1. The molecule has 0 radical (unpaired) electrons. The second-order valence-electron chi connectivity index (χ2n) is 3.37. The minimum Gasteiger partial charge on any atom is -0.488 e. The molecule has 0 aliphatic heterocycles. The molecule has 0 aliphatic rings. The van der Waals surface area contributed by atoms with Crippen molar-refractivity contribution >= 4 is 28.6 Å². The van der Waals surface area contributed by atoms with Gasteiger partial charge in [0.25, 0.3) is 0 Å². The van der Waals surface area contributed by atoms with Gasteiger partial charge in [-0.25, -0.2) is 4.79 Å². The van der Waals surface area contributed by atoms with Crippen LogP contribution in [0, 0.1) is 3.57 Å². The van der Waals surface area contributed by atoms with Gasteiger partial charge in [-0.2, -0.15) is 0 Å². The lowest BCUT2D eigenvalue weighted by molar-refractivity contribution is 0.0696. The van der Waals surface area contributed by atoms with E-state index in [2.05, 4.69) is 22.6 Å². The third-order valence-corrected chi connectivity index (χ3v) is 3.04. The van der Waals surface area contributed by atoms with Gasteiger partial charge in [0.15, 0.2) is 0 Å². The van der Waals surface area contributed by atoms with Gasteiger partial charge in [0.2, 0.25) is 0 Å². The first kappa shape index (κ1) is 12.0. The highest BCUT2D eigenvalue weighted by atomic mass is 127. The van der Waals surface area contributed by atoms with E-state index in [0.29, 0.717) is 12.4 Å². The number of carboxylic acid groups (broad SMARTS) is 1. The Morgan fingerprint density at radius 3 is 2.88 bits per heavy atom. The fraction of sp³-hybridized carbons (Fsp3) is 0.0833. The molecule has 0 saturated heterocycles. The molecule has 0 atom stereocenters. The number of hydrogen-bond acceptors (Lipinski definition) is 3. The number of furan rings is 1. The minimum atomic E-state index is -0.963. The Kier molecular flexibility index (Phi) is 3.68. The van der Waals surface area contributed by atoms with E-state index in [9.17, 15) is 4.79 Å². The molecule has 2 rings (SSSR count). The van der Waals surface area contributed by atoms with Crippen LogP contribution in [0.15, 0.2) is 41.2 Å². The number of carboxylic acids is 1. The molecule has 0 amide bonds. The molecule has 17 heavy (non-hydrogen) atoms. The summed E-state index contributed by atoms with van der Waals surface area (Å²) in [5, 5.41) is 8.88. The smallest absolute Gasteiger partial charge is 0.335 e. The van der Waals surface area contributed by atoms with E-state index in [4.69, 9.17) is 14.3 Å². The molecule has 4 nitrogen and oxygen atoms in total. The number of ether oxygens (including phenoxy) is 1. The average molecular weight is 344 g/mol. The van der Waals surface area contributed by atoms with E-state index in [1.165, 1.54) is 6.07 Å². The number of aromatic carboxylic acids is 1. The molecule has 5 heteroatoms. The van der Waals surface area contributed by atoms with Gasteiger partial charge in [-0.15, -0.1) is 0 Å². The predicted molar refractivity (Wildman–Crippen MR) is 69.2 cm³/mol. The van der Waals surface area contributed by atoms with Gasteiger partial charge in [0.05, 0.1) is 21.7 Å². The van der Waals surface area contributed by atoms with Gasteiger partial charge < -0.3 is 14.3 Å². The second kappa shape index (κ2) is 5.22. The topological polar surface area (TPSA) is 59.7 Å². The normalized spacial score (nSPS) is 10.2. The molecule has 1 aromatic carbocycles. The summed E-state index contributed by atoms with van der Waals surface area (Å²) < 4.78 is 11.3. The molecule has 88 valence electrons. The molecule has 1 heterocycles. The SMILES string of the molecule is O=C(O)c1ccc(I)c(OCc2ccoc2)c1. The molecular formula is C12H9IO4. The predicted octanol–water partition coefficient (Wildman–Crippen LogP) is 3.16. The maximum Gasteiger partial charge on any atom is 0.335 e. The van der Waals surface area contributed by atoms with E-state index in [1.54, 1.807) is 30.7 Å². The Hall–Kier alpha value is -1.50. The number of hydrogen-bond donors (Lipinski definition) is 1. The van der Waals surface area contributed by atoms with E-state index < -0.39 is 5.97 Å². The number of rotatable bonds is 4. The van der Waals surface area contributed by atoms with Crippen molar-refractivity contribution in [2.45, 2.75) is 6.61 Å². The van der Waals surface area contributed by atoms with Gasteiger partial charge in [-0.05, 0) is 46.9 Å². The van der Waals surface area contributed by atoms with Crippen molar-refractivity contribution in [2.24, 2.45) is 0 Å². The highest BCUT2D eigenvalue weighted by Crippen LogP contribution is 2.23. The summed E-state index contributed by atoms with van der Waals surface area (Å²) in [6.45, 7) is 0.357. The van der Waals surface area contributed by atoms with Crippen molar-refractivity contribution in [3.8, 4) is 5.75 Å². The van der Waals surface area contributed by atoms with Crippen molar-refractivity contribution in [1.29, 1.82) is 0 Å². The van der Waals surface area contributed by atoms with Crippen LogP contribution >= 0.6 is 22.6 Å². The van der Waals surface area contributed by atoms with E-state index >= 15 is 0 Å². The van der Waals surface area contributed by atoms with Crippen LogP contribution in [-0.4, -0.2) is 11.1 Å². The van der Waals surface area contributed by atoms with E-state index in [1.807, 2.05) is 0 Å². The Morgan fingerprint density at radius 2 is 2.24 bits per heavy atom. The van der Waals surface area contributed by atoms with Crippen LogP contribution in [0.5, 0.6) is 5.75 Å². The van der Waals surface area contributed by atoms with Crippen LogP contribution in [0.4, 0.5) is 0 Å². The first-order chi connectivity index (χ1) is 8.16. The first-order valence-electron chi connectivity index (χ1n) is 4.83. The molecule has 1 aromatic heterocycles. The third kappa shape index (κ3) is 3.00. The Bertz CT molecular complexity index is 519. The molecule has 0 spiro atoms. The summed E-state index contributed by atoms with van der Waals surface area (Å²) in [7, 11) is 0. The molecule has 0 aliphatic carbocycles. The van der Waals surface area contributed by atoms with Crippen molar-refractivity contribution in [3.05, 3.63) is 51.5 Å². The monoisotopic (exact) mass is 344 g/mol. The lowest BCUT2D eigenvalue weighted by Crippen LogP contribution is -2.00. The van der Waals surface area contributed by atoms with Crippen LogP contribution < -0.4 is 4.74 Å². The van der Waals surface area contributed by atoms with Crippen molar-refractivity contribution in [2.75, 3.05) is 0 Å². The lowest BCUT2D eigenvalue weighted by Gasteiger charge is -2.07. The van der Waals surface area contributed by atoms with Gasteiger partial charge in [0, 0.05) is 5.56 Å². The molecular weight excluding hydrogens is 335 g/mol. The fourth-order valence-corrected chi connectivity index (χ4v) is 1.77. The summed E-state index contributed by atoms with van der Waals surface area (Å²) in [6.07, 6.45) is 3.16. The quantitative estimate of drug-likeness (QED) is 0.866. The number of halogens is 1. The highest BCUT2D eigenvalue weighted by Gasteiger charge is 2.08. The average Bonchev–Trinajstić information content (AvgIpc) is 2.80. The van der Waals surface area contributed by atoms with Crippen LogP contribution in [0.3, 0.4) is 0 Å². The Balaban J connectivity index is 2.14.